The van der Waals surface area contributed by atoms with Crippen LogP contribution in [0.15, 0.2) is 11.1 Å². The van der Waals surface area contributed by atoms with Gasteiger partial charge >= 0.3 is 7.60 Å². The topological polar surface area (TPSA) is 155 Å². The normalized spacial score (nSPS) is 13.3. The highest BCUT2D eigenvalue weighted by Crippen LogP contribution is 2.48. The molecule has 0 saturated heterocycles. The first-order chi connectivity index (χ1) is 12.4. The smallest absolute Gasteiger partial charge is 0.330 e. The minimum absolute atomic E-state index is 0.00874. The number of aliphatic hydroxyl groups excluding tert-OH is 1. The molecule has 0 aliphatic carbocycles. The first-order valence-electron chi connectivity index (χ1n) is 8.23. The second-order valence-corrected chi connectivity index (χ2v) is 7.58. The van der Waals surface area contributed by atoms with Crippen LogP contribution in [0.4, 0.5) is 5.95 Å². The van der Waals surface area contributed by atoms with Crippen molar-refractivity contribution >= 4 is 24.7 Å². The van der Waals surface area contributed by atoms with Crippen molar-refractivity contribution < 1.29 is 23.5 Å². The van der Waals surface area contributed by atoms with Gasteiger partial charge in [-0.1, -0.05) is 0 Å². The Kier molecular flexibility index (Phi) is 7.30. The van der Waals surface area contributed by atoms with Crippen LogP contribution in [0.3, 0.4) is 0 Å². The van der Waals surface area contributed by atoms with Crippen molar-refractivity contribution in [3.05, 3.63) is 16.7 Å². The average Bonchev–Trinajstić information content (AvgIpc) is 2.99. The molecule has 2 rings (SSSR count). The van der Waals surface area contributed by atoms with Gasteiger partial charge in [-0.15, -0.1) is 0 Å². The van der Waals surface area contributed by atoms with Gasteiger partial charge in [0.15, 0.2) is 11.2 Å². The number of anilines is 1. The molecule has 11 nitrogen and oxygen atoms in total. The predicted octanol–water partition coefficient (Wildman–Crippen LogP) is 0.693. The number of aliphatic hydroxyl groups is 1. The van der Waals surface area contributed by atoms with Gasteiger partial charge in [-0.3, -0.25) is 18.9 Å². The molecule has 2 aromatic rings. The fraction of sp³-hybridized carbons (Fsp3) is 0.643. The predicted molar refractivity (Wildman–Crippen MR) is 94.9 cm³/mol. The summed E-state index contributed by atoms with van der Waals surface area (Å²) in [6.45, 7) is 3.72. The number of nitrogens with zero attached hydrogens (tertiary/aromatic N) is 3. The van der Waals surface area contributed by atoms with Crippen molar-refractivity contribution in [2.45, 2.75) is 33.1 Å². The molecule has 0 amide bonds. The van der Waals surface area contributed by atoms with E-state index in [1.54, 1.807) is 13.8 Å². The fourth-order valence-corrected chi connectivity index (χ4v) is 4.06. The van der Waals surface area contributed by atoms with Crippen molar-refractivity contribution in [1.29, 1.82) is 0 Å². The minimum atomic E-state index is -3.21. The molecule has 0 aliphatic heterocycles. The van der Waals surface area contributed by atoms with E-state index in [0.717, 1.165) is 0 Å². The second-order valence-electron chi connectivity index (χ2n) is 5.40. The van der Waals surface area contributed by atoms with E-state index in [-0.39, 0.29) is 56.2 Å². The maximum absolute atomic E-state index is 12.5. The maximum atomic E-state index is 12.5. The number of nitrogens with two attached hydrogens (primary N) is 1. The zero-order valence-electron chi connectivity index (χ0n) is 14.8. The number of aromatic amines is 1. The van der Waals surface area contributed by atoms with Gasteiger partial charge in [-0.2, -0.15) is 4.98 Å². The lowest BCUT2D eigenvalue weighted by Crippen LogP contribution is -2.21. The van der Waals surface area contributed by atoms with Crippen LogP contribution < -0.4 is 11.3 Å². The van der Waals surface area contributed by atoms with Gasteiger partial charge in [0.05, 0.1) is 38.4 Å². The largest absolute Gasteiger partial charge is 0.394 e. The number of nitrogens with one attached hydrogen (secondary N) is 1. The van der Waals surface area contributed by atoms with Crippen molar-refractivity contribution in [2.24, 2.45) is 0 Å². The molecule has 0 aliphatic rings. The van der Waals surface area contributed by atoms with Gasteiger partial charge in [0.25, 0.3) is 5.56 Å². The van der Waals surface area contributed by atoms with E-state index in [9.17, 15) is 14.5 Å². The second kappa shape index (κ2) is 9.24. The molecule has 0 aromatic carbocycles. The number of nitrogen functional groups attached to an aromatic ring is 1. The van der Waals surface area contributed by atoms with Gasteiger partial charge in [-0.05, 0) is 20.3 Å². The molecule has 0 fully saturated rings. The van der Waals surface area contributed by atoms with Crippen LogP contribution in [-0.2, 0) is 25.1 Å². The zero-order chi connectivity index (χ0) is 19.2. The zero-order valence-corrected chi connectivity index (χ0v) is 15.6. The van der Waals surface area contributed by atoms with Crippen LogP contribution in [-0.4, -0.2) is 56.7 Å². The van der Waals surface area contributed by atoms with Crippen LogP contribution in [0.1, 0.15) is 20.3 Å². The lowest BCUT2D eigenvalue weighted by molar-refractivity contribution is -0.0241. The lowest BCUT2D eigenvalue weighted by atomic mass is 10.3. The number of rotatable bonds is 11. The summed E-state index contributed by atoms with van der Waals surface area (Å²) in [5.74, 6) is -0.0303. The highest BCUT2D eigenvalue weighted by atomic mass is 31.2. The molecule has 4 N–H and O–H groups in total. The molecular formula is C14H24N5O6P. The molecule has 0 bridgehead atoms. The average molecular weight is 389 g/mol. The molecule has 1 atom stereocenters. The molecule has 146 valence electrons. The molecule has 0 radical (unpaired) electrons. The number of H-pyrrole nitrogens is 1. The Morgan fingerprint density at radius 1 is 1.38 bits per heavy atom. The lowest BCUT2D eigenvalue weighted by Gasteiger charge is -2.20. The monoisotopic (exact) mass is 389 g/mol. The first kappa shape index (κ1) is 20.5. The van der Waals surface area contributed by atoms with Gasteiger partial charge in [-0.25, -0.2) is 4.98 Å². The number of ether oxygens (including phenoxy) is 1. The summed E-state index contributed by atoms with van der Waals surface area (Å²) in [4.78, 5) is 22.1. The summed E-state index contributed by atoms with van der Waals surface area (Å²) < 4.78 is 30.0. The van der Waals surface area contributed by atoms with Crippen LogP contribution in [0.5, 0.6) is 0 Å². The van der Waals surface area contributed by atoms with Crippen molar-refractivity contribution in [3.63, 3.8) is 0 Å². The Morgan fingerprint density at radius 3 is 2.69 bits per heavy atom. The molecule has 0 spiro atoms. The van der Waals surface area contributed by atoms with Crippen LogP contribution in [0.2, 0.25) is 0 Å². The summed E-state index contributed by atoms with van der Waals surface area (Å²) in [6.07, 6.45) is 1.19. The summed E-state index contributed by atoms with van der Waals surface area (Å²) in [5.41, 5.74) is 5.51. The van der Waals surface area contributed by atoms with E-state index < -0.39 is 19.3 Å². The highest BCUT2D eigenvalue weighted by molar-refractivity contribution is 7.53. The molecular weight excluding hydrogens is 365 g/mol. The Bertz CT molecular complexity index is 812. The van der Waals surface area contributed by atoms with Crippen molar-refractivity contribution in [1.82, 2.24) is 19.5 Å². The molecule has 12 heteroatoms. The van der Waals surface area contributed by atoms with Gasteiger partial charge in [0, 0.05) is 0 Å². The Labute approximate surface area is 150 Å². The van der Waals surface area contributed by atoms with Crippen LogP contribution in [0, 0.1) is 0 Å². The summed E-state index contributed by atoms with van der Waals surface area (Å²) in [5, 5.41) is 9.50. The summed E-state index contributed by atoms with van der Waals surface area (Å²) in [7, 11) is -3.21. The minimum Gasteiger partial charge on any atom is -0.394 e. The van der Waals surface area contributed by atoms with Crippen molar-refractivity contribution in [3.8, 4) is 0 Å². The van der Waals surface area contributed by atoms with Gasteiger partial charge in [0.1, 0.15) is 6.73 Å². The number of fused-ring (bicyclic) bond motifs is 1. The molecule has 0 unspecified atom stereocenters. The summed E-state index contributed by atoms with van der Waals surface area (Å²) in [6, 6.07) is 0. The van der Waals surface area contributed by atoms with Crippen LogP contribution >= 0.6 is 7.60 Å². The summed E-state index contributed by atoms with van der Waals surface area (Å²) >= 11 is 0. The van der Waals surface area contributed by atoms with E-state index in [2.05, 4.69) is 15.0 Å². The third-order valence-corrected chi connectivity index (χ3v) is 5.63. The Hall–Kier alpha value is -1.78. The van der Waals surface area contributed by atoms with E-state index in [0.29, 0.717) is 0 Å². The quantitative estimate of drug-likeness (QED) is 0.471. The van der Waals surface area contributed by atoms with Gasteiger partial charge in [0.2, 0.25) is 5.95 Å². The van der Waals surface area contributed by atoms with Gasteiger partial charge < -0.3 is 24.6 Å². The van der Waals surface area contributed by atoms with E-state index in [4.69, 9.17) is 19.5 Å². The molecule has 0 saturated carbocycles. The molecule has 2 aromatic heterocycles. The third kappa shape index (κ3) is 5.12. The fourth-order valence-electron chi connectivity index (χ4n) is 2.34. The first-order valence-corrected chi connectivity index (χ1v) is 9.96. The van der Waals surface area contributed by atoms with Crippen molar-refractivity contribution in [2.75, 3.05) is 31.7 Å². The number of hydrogen-bond acceptors (Lipinski definition) is 9. The van der Waals surface area contributed by atoms with E-state index in [1.165, 1.54) is 10.9 Å². The number of imidazole rings is 1. The highest BCUT2D eigenvalue weighted by Gasteiger charge is 2.25. The Balaban J connectivity index is 2.01. The molecule has 26 heavy (non-hydrogen) atoms. The number of aromatic nitrogens is 4. The van der Waals surface area contributed by atoms with Crippen LogP contribution in [0.25, 0.3) is 11.2 Å². The third-order valence-electron chi connectivity index (χ3n) is 3.52. The maximum Gasteiger partial charge on any atom is 0.330 e. The molecule has 2 heterocycles. The standard InChI is InChI=1S/C14H24N5O6P/c1-3-24-26(22,25-4-2)6-5-10(7-20)23-9-19-8-16-11-12(19)17-14(15)18-13(11)21/h8,10,20H,3-7,9H2,1-2H3,(H3,15,17,18,21)/t10-/m1/s1. The number of hydrogen-bond donors (Lipinski definition) is 3. The van der Waals surface area contributed by atoms with E-state index >= 15 is 0 Å². The van der Waals surface area contributed by atoms with E-state index in [1.807, 2.05) is 0 Å². The Morgan fingerprint density at radius 2 is 2.08 bits per heavy atom. The SMILES string of the molecule is CCOP(=O)(CC[C@H](CO)OCn1cnc2c(=O)[nH]c(N)nc21)OCC.